The largest absolute Gasteiger partial charge is 0.339 e. The Bertz CT molecular complexity index is 612. The summed E-state index contributed by atoms with van der Waals surface area (Å²) in [5.41, 5.74) is 0. The van der Waals surface area contributed by atoms with Crippen LogP contribution in [-0.4, -0.2) is 65.6 Å². The van der Waals surface area contributed by atoms with Gasteiger partial charge in [0.15, 0.2) is 0 Å². The molecule has 0 aliphatic carbocycles. The first-order valence-corrected chi connectivity index (χ1v) is 8.14. The molecule has 126 valence electrons. The van der Waals surface area contributed by atoms with Crippen molar-refractivity contribution in [2.24, 2.45) is 0 Å². The van der Waals surface area contributed by atoms with E-state index in [0.29, 0.717) is 24.8 Å². The molecule has 2 aromatic rings. The second-order valence-electron chi connectivity index (χ2n) is 5.29. The zero-order valence-electron chi connectivity index (χ0n) is 12.9. The quantitative estimate of drug-likeness (QED) is 0.863. The van der Waals surface area contributed by atoms with Gasteiger partial charge in [0.2, 0.25) is 17.6 Å². The molecule has 1 saturated heterocycles. The van der Waals surface area contributed by atoms with Gasteiger partial charge in [-0.3, -0.25) is 9.69 Å². The van der Waals surface area contributed by atoms with Crippen molar-refractivity contribution in [1.29, 1.82) is 0 Å². The third-order valence-corrected chi connectivity index (χ3v) is 4.36. The van der Waals surface area contributed by atoms with Crippen LogP contribution in [0.1, 0.15) is 5.89 Å². The number of halogens is 1. The molecule has 23 heavy (non-hydrogen) atoms. The highest BCUT2D eigenvalue weighted by Crippen LogP contribution is 2.21. The van der Waals surface area contributed by atoms with Gasteiger partial charge in [0, 0.05) is 26.2 Å². The number of nitrogens with one attached hydrogen (secondary N) is 1. The summed E-state index contributed by atoms with van der Waals surface area (Å²) in [7, 11) is 1.88. The van der Waals surface area contributed by atoms with Gasteiger partial charge in [-0.2, -0.15) is 4.98 Å². The first-order valence-electron chi connectivity index (χ1n) is 7.26. The minimum absolute atomic E-state index is 0. The van der Waals surface area contributed by atoms with Crippen LogP contribution in [0.4, 0.5) is 0 Å². The fourth-order valence-corrected chi connectivity index (χ4v) is 3.01. The molecule has 0 radical (unpaired) electrons. The summed E-state index contributed by atoms with van der Waals surface area (Å²) in [5.74, 6) is 1.27. The molecule has 0 bridgehead atoms. The van der Waals surface area contributed by atoms with Crippen LogP contribution in [-0.2, 0) is 11.3 Å². The zero-order valence-corrected chi connectivity index (χ0v) is 14.5. The van der Waals surface area contributed by atoms with Gasteiger partial charge in [0.05, 0.1) is 18.0 Å². The Morgan fingerprint density at radius 2 is 2.26 bits per heavy atom. The summed E-state index contributed by atoms with van der Waals surface area (Å²) in [6, 6.07) is 3.91. The lowest BCUT2D eigenvalue weighted by Gasteiger charge is -2.28. The van der Waals surface area contributed by atoms with Gasteiger partial charge in [0.1, 0.15) is 0 Å². The molecule has 1 aliphatic rings. The molecule has 0 saturated carbocycles. The Labute approximate surface area is 145 Å². The number of nitrogens with zero attached hydrogens (tertiary/aromatic N) is 4. The highest BCUT2D eigenvalue weighted by atomic mass is 35.5. The summed E-state index contributed by atoms with van der Waals surface area (Å²) in [6.45, 7) is 4.10. The third-order valence-electron chi connectivity index (χ3n) is 3.49. The van der Waals surface area contributed by atoms with E-state index >= 15 is 0 Å². The van der Waals surface area contributed by atoms with Crippen LogP contribution in [0.15, 0.2) is 22.0 Å². The molecule has 9 heteroatoms. The van der Waals surface area contributed by atoms with Gasteiger partial charge in [0.25, 0.3) is 0 Å². The Balaban J connectivity index is 0.00000192. The van der Waals surface area contributed by atoms with Crippen molar-refractivity contribution in [2.45, 2.75) is 6.54 Å². The highest BCUT2D eigenvalue weighted by molar-refractivity contribution is 7.13. The Hall–Kier alpha value is -1.48. The Morgan fingerprint density at radius 3 is 2.96 bits per heavy atom. The predicted octanol–water partition coefficient (Wildman–Crippen LogP) is 1.08. The Morgan fingerprint density at radius 1 is 1.48 bits per heavy atom. The molecule has 0 atom stereocenters. The molecular formula is C14H20ClN5O2S. The number of thiophene rings is 1. The van der Waals surface area contributed by atoms with Gasteiger partial charge in [-0.05, 0) is 18.5 Å². The van der Waals surface area contributed by atoms with E-state index in [1.807, 2.05) is 34.4 Å². The molecule has 1 fully saturated rings. The number of hydrogen-bond donors (Lipinski definition) is 1. The van der Waals surface area contributed by atoms with Gasteiger partial charge in [-0.1, -0.05) is 11.2 Å². The molecule has 3 heterocycles. The van der Waals surface area contributed by atoms with Crippen molar-refractivity contribution in [1.82, 2.24) is 25.3 Å². The van der Waals surface area contributed by atoms with Crippen LogP contribution in [0.25, 0.3) is 10.7 Å². The maximum atomic E-state index is 12.2. The number of carbonyl (C=O) groups is 1. The number of piperazine rings is 1. The second kappa shape index (κ2) is 8.39. The number of amides is 1. The first-order chi connectivity index (χ1) is 10.7. The van der Waals surface area contributed by atoms with Crippen molar-refractivity contribution in [3.63, 3.8) is 0 Å². The minimum Gasteiger partial charge on any atom is -0.339 e. The average molecular weight is 358 g/mol. The Kier molecular flexibility index (Phi) is 6.52. The van der Waals surface area contributed by atoms with E-state index in [1.165, 1.54) is 0 Å². The summed E-state index contributed by atoms with van der Waals surface area (Å²) < 4.78 is 5.26. The SMILES string of the molecule is CN(CC(=O)N1CCNCC1)Cc1nc(-c2cccs2)no1.Cl. The van der Waals surface area contributed by atoms with Gasteiger partial charge >= 0.3 is 0 Å². The molecule has 1 aliphatic heterocycles. The molecule has 1 amide bonds. The third kappa shape index (κ3) is 4.74. The lowest BCUT2D eigenvalue weighted by atomic mass is 10.3. The molecular weight excluding hydrogens is 338 g/mol. The van der Waals surface area contributed by atoms with Crippen molar-refractivity contribution in [2.75, 3.05) is 39.8 Å². The van der Waals surface area contributed by atoms with Crippen LogP contribution in [0.5, 0.6) is 0 Å². The predicted molar refractivity (Wildman–Crippen MR) is 90.6 cm³/mol. The second-order valence-corrected chi connectivity index (χ2v) is 6.24. The smallest absolute Gasteiger partial charge is 0.241 e. The normalized spacial score (nSPS) is 14.8. The van der Waals surface area contributed by atoms with Gasteiger partial charge < -0.3 is 14.7 Å². The summed E-state index contributed by atoms with van der Waals surface area (Å²) in [5, 5.41) is 9.19. The summed E-state index contributed by atoms with van der Waals surface area (Å²) in [4.78, 5) is 21.3. The first kappa shape index (κ1) is 17.9. The van der Waals surface area contributed by atoms with Crippen LogP contribution in [0, 0.1) is 0 Å². The molecule has 2 aromatic heterocycles. The lowest BCUT2D eigenvalue weighted by Crippen LogP contribution is -2.49. The van der Waals surface area contributed by atoms with Crippen LogP contribution in [0.2, 0.25) is 0 Å². The standard InChI is InChI=1S/C14H19N5O2S.ClH/c1-18(10-13(20)19-6-4-15-5-7-19)9-12-16-14(17-21-12)11-3-2-8-22-11;/h2-3,8,15H,4-7,9-10H2,1H3;1H. The number of likely N-dealkylation sites (N-methyl/N-ethyl adjacent to an activating group) is 1. The molecule has 0 unspecified atom stereocenters. The lowest BCUT2D eigenvalue weighted by molar-refractivity contribution is -0.132. The fraction of sp³-hybridized carbons (Fsp3) is 0.500. The summed E-state index contributed by atoms with van der Waals surface area (Å²) >= 11 is 1.57. The van der Waals surface area contributed by atoms with Crippen LogP contribution in [0.3, 0.4) is 0 Å². The van der Waals surface area contributed by atoms with Crippen molar-refractivity contribution >= 4 is 29.7 Å². The fourth-order valence-electron chi connectivity index (χ4n) is 2.36. The number of aromatic nitrogens is 2. The van der Waals surface area contributed by atoms with Gasteiger partial charge in [-0.15, -0.1) is 23.7 Å². The monoisotopic (exact) mass is 357 g/mol. The molecule has 0 spiro atoms. The molecule has 7 nitrogen and oxygen atoms in total. The minimum atomic E-state index is 0. The molecule has 3 rings (SSSR count). The van der Waals surface area contributed by atoms with Crippen LogP contribution < -0.4 is 5.32 Å². The van der Waals surface area contributed by atoms with E-state index < -0.39 is 0 Å². The van der Waals surface area contributed by atoms with Crippen molar-refractivity contribution in [3.8, 4) is 10.7 Å². The number of rotatable bonds is 5. The van der Waals surface area contributed by atoms with E-state index in [2.05, 4.69) is 15.5 Å². The van der Waals surface area contributed by atoms with E-state index in [4.69, 9.17) is 4.52 Å². The van der Waals surface area contributed by atoms with E-state index in [9.17, 15) is 4.79 Å². The summed E-state index contributed by atoms with van der Waals surface area (Å²) in [6.07, 6.45) is 0. The zero-order chi connectivity index (χ0) is 15.4. The van der Waals surface area contributed by atoms with E-state index in [1.54, 1.807) is 11.3 Å². The maximum absolute atomic E-state index is 12.2. The highest BCUT2D eigenvalue weighted by Gasteiger charge is 2.19. The maximum Gasteiger partial charge on any atom is 0.241 e. The molecule has 0 aromatic carbocycles. The van der Waals surface area contributed by atoms with Crippen molar-refractivity contribution in [3.05, 3.63) is 23.4 Å². The average Bonchev–Trinajstić information content (AvgIpc) is 3.19. The van der Waals surface area contributed by atoms with E-state index in [-0.39, 0.29) is 18.3 Å². The van der Waals surface area contributed by atoms with Gasteiger partial charge in [-0.25, -0.2) is 0 Å². The van der Waals surface area contributed by atoms with Crippen LogP contribution >= 0.6 is 23.7 Å². The van der Waals surface area contributed by atoms with E-state index in [0.717, 1.165) is 31.1 Å². The number of hydrogen-bond acceptors (Lipinski definition) is 7. The van der Waals surface area contributed by atoms with Crippen molar-refractivity contribution < 1.29 is 9.32 Å². The molecule has 1 N–H and O–H groups in total. The topological polar surface area (TPSA) is 74.5 Å². The number of carbonyl (C=O) groups excluding carboxylic acids is 1.